The molecule has 0 fully saturated rings. The van der Waals surface area contributed by atoms with Crippen molar-refractivity contribution in [3.63, 3.8) is 0 Å². The number of hydrogen-bond donors (Lipinski definition) is 2. The molecule has 1 heterocycles. The molecule has 0 atom stereocenters. The Hall–Kier alpha value is -2.34. The molecule has 0 saturated carbocycles. The number of amides is 1. The summed E-state index contributed by atoms with van der Waals surface area (Å²) in [5, 5.41) is 15.1. The van der Waals surface area contributed by atoms with Crippen molar-refractivity contribution in [3.05, 3.63) is 46.2 Å². The van der Waals surface area contributed by atoms with Gasteiger partial charge >= 0.3 is 0 Å². The van der Waals surface area contributed by atoms with Crippen LogP contribution >= 0.6 is 11.3 Å². The molecule has 0 saturated heterocycles. The van der Waals surface area contributed by atoms with Gasteiger partial charge in [0.15, 0.2) is 0 Å². The van der Waals surface area contributed by atoms with Crippen LogP contribution in [0.4, 0.5) is 0 Å². The Kier molecular flexibility index (Phi) is 4.73. The zero-order valence-electron chi connectivity index (χ0n) is 10.9. The van der Waals surface area contributed by atoms with E-state index >= 15 is 0 Å². The van der Waals surface area contributed by atoms with Gasteiger partial charge in [-0.25, -0.2) is 5.43 Å². The number of nitrogens with one attached hydrogen (secondary N) is 1. The predicted molar refractivity (Wildman–Crippen MR) is 78.7 cm³/mol. The summed E-state index contributed by atoms with van der Waals surface area (Å²) >= 11 is 1.35. The molecule has 0 aliphatic heterocycles. The van der Waals surface area contributed by atoms with Crippen LogP contribution in [0.3, 0.4) is 0 Å². The second kappa shape index (κ2) is 6.72. The molecule has 1 amide bonds. The number of benzene rings is 1. The maximum atomic E-state index is 11.7. The van der Waals surface area contributed by atoms with Crippen molar-refractivity contribution >= 4 is 23.5 Å². The Morgan fingerprint density at radius 2 is 2.35 bits per heavy atom. The average molecular weight is 290 g/mol. The van der Waals surface area contributed by atoms with Crippen LogP contribution in [0.1, 0.15) is 22.2 Å². The molecule has 5 nitrogen and oxygen atoms in total. The number of ether oxygens (including phenoxy) is 1. The first kappa shape index (κ1) is 14.1. The molecule has 0 bridgehead atoms. The smallest absolute Gasteiger partial charge is 0.281 e. The lowest BCUT2D eigenvalue weighted by molar-refractivity contribution is 0.0959. The molecule has 6 heteroatoms. The molecule has 0 aliphatic carbocycles. The molecule has 0 spiro atoms. The SMILES string of the molecule is CCOc1cc(O)ccc1/C=N/NC(=O)c1cccs1. The third-order valence-corrected chi connectivity index (χ3v) is 3.28. The summed E-state index contributed by atoms with van der Waals surface area (Å²) in [7, 11) is 0. The van der Waals surface area contributed by atoms with Crippen LogP contribution in [-0.4, -0.2) is 23.8 Å². The highest BCUT2D eigenvalue weighted by Gasteiger charge is 2.05. The van der Waals surface area contributed by atoms with Gasteiger partial charge in [0.05, 0.1) is 17.7 Å². The number of phenolic OH excluding ortho intramolecular Hbond substituents is 1. The molecule has 2 N–H and O–H groups in total. The molecule has 2 rings (SSSR count). The van der Waals surface area contributed by atoms with Crippen molar-refractivity contribution < 1.29 is 14.6 Å². The van der Waals surface area contributed by atoms with E-state index in [1.165, 1.54) is 29.7 Å². The average Bonchev–Trinajstić information content (AvgIpc) is 2.95. The van der Waals surface area contributed by atoms with E-state index in [0.717, 1.165) is 0 Å². The minimum atomic E-state index is -0.256. The van der Waals surface area contributed by atoms with Gasteiger partial charge < -0.3 is 9.84 Å². The summed E-state index contributed by atoms with van der Waals surface area (Å²) in [6.07, 6.45) is 1.48. The van der Waals surface area contributed by atoms with Gasteiger partial charge in [0.2, 0.25) is 0 Å². The predicted octanol–water partition coefficient (Wildman–Crippen LogP) is 2.62. The lowest BCUT2D eigenvalue weighted by atomic mass is 10.2. The number of carbonyl (C=O) groups excluding carboxylic acids is 1. The van der Waals surface area contributed by atoms with Gasteiger partial charge in [0.25, 0.3) is 5.91 Å². The maximum absolute atomic E-state index is 11.7. The molecule has 1 aromatic carbocycles. The molecule has 0 aliphatic rings. The Morgan fingerprint density at radius 3 is 3.05 bits per heavy atom. The number of carbonyl (C=O) groups is 1. The topological polar surface area (TPSA) is 70.9 Å². The van der Waals surface area contributed by atoms with Crippen LogP contribution in [0.25, 0.3) is 0 Å². The Morgan fingerprint density at radius 1 is 1.50 bits per heavy atom. The van der Waals surface area contributed by atoms with Gasteiger partial charge in [0, 0.05) is 11.6 Å². The van der Waals surface area contributed by atoms with Gasteiger partial charge in [0.1, 0.15) is 11.5 Å². The summed E-state index contributed by atoms with van der Waals surface area (Å²) in [5.41, 5.74) is 3.12. The van der Waals surface area contributed by atoms with Gasteiger partial charge in [-0.15, -0.1) is 11.3 Å². The van der Waals surface area contributed by atoms with E-state index in [9.17, 15) is 9.90 Å². The molecule has 0 radical (unpaired) electrons. The fourth-order valence-corrected chi connectivity index (χ4v) is 2.15. The first-order valence-corrected chi connectivity index (χ1v) is 6.91. The minimum absolute atomic E-state index is 0.119. The van der Waals surface area contributed by atoms with Crippen molar-refractivity contribution in [2.75, 3.05) is 6.61 Å². The minimum Gasteiger partial charge on any atom is -0.508 e. The highest BCUT2D eigenvalue weighted by Crippen LogP contribution is 2.22. The van der Waals surface area contributed by atoms with Crippen LogP contribution in [0.2, 0.25) is 0 Å². The molecule has 20 heavy (non-hydrogen) atoms. The van der Waals surface area contributed by atoms with Crippen molar-refractivity contribution in [3.8, 4) is 11.5 Å². The Bertz CT molecular complexity index is 609. The summed E-state index contributed by atoms with van der Waals surface area (Å²) in [6.45, 7) is 2.33. The fraction of sp³-hybridized carbons (Fsp3) is 0.143. The van der Waals surface area contributed by atoms with Crippen LogP contribution in [0.5, 0.6) is 11.5 Å². The highest BCUT2D eigenvalue weighted by atomic mass is 32.1. The van der Waals surface area contributed by atoms with Crippen molar-refractivity contribution in [2.24, 2.45) is 5.10 Å². The summed E-state index contributed by atoms with van der Waals surface area (Å²) in [4.78, 5) is 12.3. The van der Waals surface area contributed by atoms with Gasteiger partial charge in [-0.05, 0) is 30.5 Å². The normalized spacial score (nSPS) is 10.7. The third-order valence-electron chi connectivity index (χ3n) is 2.41. The summed E-state index contributed by atoms with van der Waals surface area (Å²) in [5.74, 6) is 0.378. The standard InChI is InChI=1S/C14H14N2O3S/c1-2-19-12-8-11(17)6-5-10(12)9-15-16-14(18)13-4-3-7-20-13/h3-9,17H,2H2,1H3,(H,16,18)/b15-9+. The molecule has 104 valence electrons. The largest absolute Gasteiger partial charge is 0.508 e. The van der Waals surface area contributed by atoms with Crippen LogP contribution in [0.15, 0.2) is 40.8 Å². The number of hydrazone groups is 1. The zero-order valence-corrected chi connectivity index (χ0v) is 11.7. The van der Waals surface area contributed by atoms with Crippen molar-refractivity contribution in [1.82, 2.24) is 5.43 Å². The Balaban J connectivity index is 2.06. The number of aromatic hydroxyl groups is 1. The highest BCUT2D eigenvalue weighted by molar-refractivity contribution is 7.12. The van der Waals surface area contributed by atoms with Crippen LogP contribution in [0, 0.1) is 0 Å². The second-order valence-corrected chi connectivity index (χ2v) is 4.78. The first-order valence-electron chi connectivity index (χ1n) is 6.03. The Labute approximate surface area is 120 Å². The number of rotatable bonds is 5. The number of hydrogen-bond acceptors (Lipinski definition) is 5. The van der Waals surface area contributed by atoms with E-state index in [-0.39, 0.29) is 11.7 Å². The van der Waals surface area contributed by atoms with Gasteiger partial charge in [-0.2, -0.15) is 5.10 Å². The molecular formula is C14H14N2O3S. The summed E-state index contributed by atoms with van der Waals surface area (Å²) < 4.78 is 5.39. The van der Waals surface area contributed by atoms with Crippen molar-refractivity contribution in [2.45, 2.75) is 6.92 Å². The van der Waals surface area contributed by atoms with E-state index in [2.05, 4.69) is 10.5 Å². The lowest BCUT2D eigenvalue weighted by Crippen LogP contribution is -2.16. The maximum Gasteiger partial charge on any atom is 0.281 e. The zero-order chi connectivity index (χ0) is 14.4. The van der Waals surface area contributed by atoms with E-state index in [4.69, 9.17) is 4.74 Å². The number of phenols is 1. The third kappa shape index (κ3) is 3.58. The fourth-order valence-electron chi connectivity index (χ4n) is 1.53. The quantitative estimate of drug-likeness (QED) is 0.657. The number of nitrogens with zero attached hydrogens (tertiary/aromatic N) is 1. The second-order valence-electron chi connectivity index (χ2n) is 3.83. The molecule has 2 aromatic rings. The van der Waals surface area contributed by atoms with E-state index in [1.807, 2.05) is 12.3 Å². The van der Waals surface area contributed by atoms with Gasteiger partial charge in [-0.3, -0.25) is 4.79 Å². The molecule has 0 unspecified atom stereocenters. The van der Waals surface area contributed by atoms with Gasteiger partial charge in [-0.1, -0.05) is 6.07 Å². The van der Waals surface area contributed by atoms with E-state index in [1.54, 1.807) is 18.2 Å². The van der Waals surface area contributed by atoms with E-state index in [0.29, 0.717) is 22.8 Å². The summed E-state index contributed by atoms with van der Waals surface area (Å²) in [6, 6.07) is 8.23. The monoisotopic (exact) mass is 290 g/mol. The number of thiophene rings is 1. The van der Waals surface area contributed by atoms with E-state index < -0.39 is 0 Å². The molecule has 1 aromatic heterocycles. The first-order chi connectivity index (χ1) is 9.70. The van der Waals surface area contributed by atoms with Crippen LogP contribution in [-0.2, 0) is 0 Å². The lowest BCUT2D eigenvalue weighted by Gasteiger charge is -2.06. The molecular weight excluding hydrogens is 276 g/mol. The van der Waals surface area contributed by atoms with Crippen molar-refractivity contribution in [1.29, 1.82) is 0 Å². The van der Waals surface area contributed by atoms with Crippen LogP contribution < -0.4 is 10.2 Å².